The van der Waals surface area contributed by atoms with E-state index in [0.29, 0.717) is 22.8 Å². The number of benzene rings is 1. The fraction of sp³-hybridized carbons (Fsp3) is 0.222. The van der Waals surface area contributed by atoms with Gasteiger partial charge in [-0.3, -0.25) is 9.79 Å². The lowest BCUT2D eigenvalue weighted by molar-refractivity contribution is -0.111. The summed E-state index contributed by atoms with van der Waals surface area (Å²) >= 11 is 3.03. The van der Waals surface area contributed by atoms with Gasteiger partial charge in [0.2, 0.25) is 5.91 Å². The van der Waals surface area contributed by atoms with Crippen LogP contribution in [-0.2, 0) is 10.3 Å². The Labute approximate surface area is 154 Å². The largest absolute Gasteiger partial charge is 0.379 e. The van der Waals surface area contributed by atoms with Gasteiger partial charge in [0.25, 0.3) is 0 Å². The summed E-state index contributed by atoms with van der Waals surface area (Å²) < 4.78 is 14.4. The number of thiophene rings is 1. The molecule has 0 radical (unpaired) electrons. The number of halogens is 1. The van der Waals surface area contributed by atoms with Crippen LogP contribution in [0.5, 0.6) is 0 Å². The molecule has 0 fully saturated rings. The van der Waals surface area contributed by atoms with Crippen molar-refractivity contribution in [1.82, 2.24) is 0 Å². The Morgan fingerprint density at radius 2 is 2.28 bits per heavy atom. The maximum atomic E-state index is 14.4. The minimum absolute atomic E-state index is 0.267. The minimum atomic E-state index is -0.716. The first kappa shape index (κ1) is 17.7. The monoisotopic (exact) mass is 375 g/mol. The molecule has 1 aliphatic rings. The zero-order valence-electron chi connectivity index (χ0n) is 13.7. The average molecular weight is 375 g/mol. The number of carbonyl (C=O) groups is 1. The summed E-state index contributed by atoms with van der Waals surface area (Å²) in [6.07, 6.45) is 3.88. The maximum Gasteiger partial charge on any atom is 0.248 e. The quantitative estimate of drug-likeness (QED) is 0.787. The van der Waals surface area contributed by atoms with Crippen molar-refractivity contribution in [3.8, 4) is 0 Å². The van der Waals surface area contributed by atoms with Gasteiger partial charge in [-0.15, -0.1) is 0 Å². The van der Waals surface area contributed by atoms with E-state index in [2.05, 4.69) is 10.3 Å². The molecule has 7 heteroatoms. The van der Waals surface area contributed by atoms with E-state index in [1.807, 2.05) is 23.8 Å². The molecule has 2 aromatic rings. The summed E-state index contributed by atoms with van der Waals surface area (Å²) in [6, 6.07) is 6.46. The summed E-state index contributed by atoms with van der Waals surface area (Å²) in [4.78, 5) is 16.5. The van der Waals surface area contributed by atoms with Crippen molar-refractivity contribution in [2.24, 2.45) is 10.7 Å². The van der Waals surface area contributed by atoms with Crippen LogP contribution in [0.4, 0.5) is 10.1 Å². The standard InChI is InChI=1S/C18H18FN3OS2/c1-18(7-9-25-17(20)22-18)14-10-13(3-4-15(14)19)21-16(23)5-2-12-6-8-24-11-12/h2-6,8,10-11H,7,9H2,1H3,(H2,20,22)(H,21,23). The first-order valence-corrected chi connectivity index (χ1v) is 9.68. The second-order valence-electron chi connectivity index (χ2n) is 5.90. The molecular weight excluding hydrogens is 357 g/mol. The van der Waals surface area contributed by atoms with E-state index in [1.54, 1.807) is 29.5 Å². The van der Waals surface area contributed by atoms with Crippen LogP contribution in [0.2, 0.25) is 0 Å². The molecule has 130 valence electrons. The highest BCUT2D eigenvalue weighted by molar-refractivity contribution is 8.13. The Balaban J connectivity index is 1.80. The average Bonchev–Trinajstić information content (AvgIpc) is 3.08. The zero-order valence-corrected chi connectivity index (χ0v) is 15.3. The van der Waals surface area contributed by atoms with Crippen LogP contribution in [0.3, 0.4) is 0 Å². The number of nitrogens with two attached hydrogens (primary N) is 1. The Hall–Kier alpha value is -2.12. The van der Waals surface area contributed by atoms with Gasteiger partial charge in [0, 0.05) is 23.1 Å². The lowest BCUT2D eigenvalue weighted by atomic mass is 9.89. The molecular formula is C18H18FN3OS2. The van der Waals surface area contributed by atoms with Gasteiger partial charge in [-0.05, 0) is 60.0 Å². The van der Waals surface area contributed by atoms with Gasteiger partial charge in [0.05, 0.1) is 5.54 Å². The zero-order chi connectivity index (χ0) is 17.9. The number of nitrogens with one attached hydrogen (secondary N) is 1. The van der Waals surface area contributed by atoms with Crippen LogP contribution in [0.25, 0.3) is 6.08 Å². The number of hydrogen-bond donors (Lipinski definition) is 2. The lowest BCUT2D eigenvalue weighted by Crippen LogP contribution is -2.29. The number of thioether (sulfide) groups is 1. The van der Waals surface area contributed by atoms with Crippen LogP contribution in [0, 0.1) is 5.82 Å². The molecule has 1 amide bonds. The molecule has 2 heterocycles. The molecule has 1 unspecified atom stereocenters. The lowest BCUT2D eigenvalue weighted by Gasteiger charge is -2.30. The summed E-state index contributed by atoms with van der Waals surface area (Å²) in [7, 11) is 0. The third-order valence-electron chi connectivity index (χ3n) is 3.98. The number of hydrogen-bond acceptors (Lipinski definition) is 5. The molecule has 1 aliphatic heterocycles. The fourth-order valence-electron chi connectivity index (χ4n) is 2.62. The predicted molar refractivity (Wildman–Crippen MR) is 104 cm³/mol. The molecule has 4 nitrogen and oxygen atoms in total. The van der Waals surface area contributed by atoms with Crippen LogP contribution in [-0.4, -0.2) is 16.8 Å². The number of amidine groups is 1. The first-order chi connectivity index (χ1) is 12.0. The normalized spacial score (nSPS) is 20.5. The van der Waals surface area contributed by atoms with Crippen molar-refractivity contribution in [1.29, 1.82) is 0 Å². The van der Waals surface area contributed by atoms with E-state index < -0.39 is 5.54 Å². The van der Waals surface area contributed by atoms with E-state index in [1.165, 1.54) is 23.9 Å². The molecule has 3 N–H and O–H groups in total. The second kappa shape index (κ2) is 7.41. The highest BCUT2D eigenvalue weighted by Crippen LogP contribution is 2.37. The molecule has 1 aromatic heterocycles. The molecule has 3 rings (SSSR count). The number of anilines is 1. The molecule has 1 aromatic carbocycles. The summed E-state index contributed by atoms with van der Waals surface area (Å²) in [5.41, 5.74) is 7.04. The molecule has 0 spiro atoms. The summed E-state index contributed by atoms with van der Waals surface area (Å²) in [5.74, 6) is 0.166. The van der Waals surface area contributed by atoms with Gasteiger partial charge in [-0.1, -0.05) is 11.8 Å². The van der Waals surface area contributed by atoms with E-state index in [0.717, 1.165) is 11.3 Å². The molecule has 1 atom stereocenters. The summed E-state index contributed by atoms with van der Waals surface area (Å²) in [5, 5.41) is 7.12. The van der Waals surface area contributed by atoms with E-state index >= 15 is 0 Å². The second-order valence-corrected chi connectivity index (χ2v) is 7.79. The van der Waals surface area contributed by atoms with Gasteiger partial charge >= 0.3 is 0 Å². The number of nitrogens with zero attached hydrogens (tertiary/aromatic N) is 1. The van der Waals surface area contributed by atoms with Crippen molar-refractivity contribution >= 4 is 45.9 Å². The third-order valence-corrected chi connectivity index (χ3v) is 5.48. The molecule has 0 saturated heterocycles. The third kappa shape index (κ3) is 4.29. The summed E-state index contributed by atoms with van der Waals surface area (Å²) in [6.45, 7) is 1.86. The van der Waals surface area contributed by atoms with Gasteiger partial charge in [0.15, 0.2) is 5.17 Å². The predicted octanol–water partition coefficient (Wildman–Crippen LogP) is 4.21. The first-order valence-electron chi connectivity index (χ1n) is 7.76. The Morgan fingerprint density at radius 1 is 1.44 bits per heavy atom. The van der Waals surface area contributed by atoms with Crippen molar-refractivity contribution in [2.75, 3.05) is 11.1 Å². The minimum Gasteiger partial charge on any atom is -0.379 e. The molecule has 25 heavy (non-hydrogen) atoms. The Kier molecular flexibility index (Phi) is 5.24. The van der Waals surface area contributed by atoms with E-state index in [4.69, 9.17) is 5.73 Å². The smallest absolute Gasteiger partial charge is 0.248 e. The topological polar surface area (TPSA) is 67.5 Å². The van der Waals surface area contributed by atoms with Crippen LogP contribution < -0.4 is 11.1 Å². The van der Waals surface area contributed by atoms with Crippen molar-refractivity contribution in [2.45, 2.75) is 18.9 Å². The highest BCUT2D eigenvalue weighted by Gasteiger charge is 2.32. The van der Waals surface area contributed by atoms with Gasteiger partial charge in [-0.25, -0.2) is 4.39 Å². The molecule has 0 aliphatic carbocycles. The molecule has 0 saturated carbocycles. The van der Waals surface area contributed by atoms with E-state index in [-0.39, 0.29) is 11.7 Å². The van der Waals surface area contributed by atoms with Crippen LogP contribution >= 0.6 is 23.1 Å². The van der Waals surface area contributed by atoms with Crippen LogP contribution in [0.15, 0.2) is 46.1 Å². The van der Waals surface area contributed by atoms with Crippen LogP contribution in [0.1, 0.15) is 24.5 Å². The Morgan fingerprint density at radius 3 is 3.00 bits per heavy atom. The molecule has 0 bridgehead atoms. The Bertz CT molecular complexity index is 833. The maximum absolute atomic E-state index is 14.4. The van der Waals surface area contributed by atoms with E-state index in [9.17, 15) is 9.18 Å². The number of carbonyl (C=O) groups excluding carboxylic acids is 1. The number of rotatable bonds is 4. The van der Waals surface area contributed by atoms with Gasteiger partial charge in [-0.2, -0.15) is 11.3 Å². The highest BCUT2D eigenvalue weighted by atomic mass is 32.2. The van der Waals surface area contributed by atoms with Crippen molar-refractivity contribution < 1.29 is 9.18 Å². The van der Waals surface area contributed by atoms with Crippen molar-refractivity contribution in [3.63, 3.8) is 0 Å². The van der Waals surface area contributed by atoms with Gasteiger partial charge < -0.3 is 11.1 Å². The SMILES string of the molecule is CC1(c2cc(NC(=O)C=Cc3ccsc3)ccc2F)CCSC(N)=N1. The number of amides is 1. The fourth-order valence-corrected chi connectivity index (χ4v) is 4.23. The van der Waals surface area contributed by atoms with Gasteiger partial charge in [0.1, 0.15) is 5.82 Å². The van der Waals surface area contributed by atoms with Crippen molar-refractivity contribution in [3.05, 3.63) is 58.0 Å². The number of aliphatic imine (C=N–C) groups is 1.